The van der Waals surface area contributed by atoms with Gasteiger partial charge in [-0.05, 0) is 49.5 Å². The number of likely N-dealkylation sites (tertiary alicyclic amines) is 1. The predicted molar refractivity (Wildman–Crippen MR) is 155 cm³/mol. The molecule has 6 N–H and O–H groups in total. The molecule has 10 heteroatoms. The van der Waals surface area contributed by atoms with Gasteiger partial charge in [0.1, 0.15) is 12.1 Å². The number of piperidine rings is 1. The van der Waals surface area contributed by atoms with Crippen LogP contribution in [0.1, 0.15) is 76.2 Å². The topological polar surface area (TPSA) is 151 Å². The van der Waals surface area contributed by atoms with Gasteiger partial charge in [0.25, 0.3) is 0 Å². The van der Waals surface area contributed by atoms with E-state index in [1.54, 1.807) is 4.90 Å². The number of nitrogens with zero attached hydrogens (tertiary/aromatic N) is 1. The van der Waals surface area contributed by atoms with E-state index in [1.165, 1.54) is 6.42 Å². The van der Waals surface area contributed by atoms with Crippen molar-refractivity contribution in [3.8, 4) is 0 Å². The summed E-state index contributed by atoms with van der Waals surface area (Å²) < 4.78 is 0. The Labute approximate surface area is 243 Å². The molecule has 0 aromatic heterocycles. The molecule has 0 spiro atoms. The Hall–Kier alpha value is -2.69. The van der Waals surface area contributed by atoms with Crippen LogP contribution >= 0.6 is 0 Å². The van der Waals surface area contributed by atoms with Gasteiger partial charge in [0, 0.05) is 32.5 Å². The van der Waals surface area contributed by atoms with E-state index in [9.17, 15) is 29.7 Å². The molecule has 1 aliphatic heterocycles. The van der Waals surface area contributed by atoms with Crippen molar-refractivity contribution in [3.05, 3.63) is 35.9 Å². The quantitative estimate of drug-likeness (QED) is 0.212. The molecule has 10 nitrogen and oxygen atoms in total. The highest BCUT2D eigenvalue weighted by atomic mass is 16.3. The van der Waals surface area contributed by atoms with E-state index in [0.29, 0.717) is 44.7 Å². The van der Waals surface area contributed by atoms with Gasteiger partial charge in [0.15, 0.2) is 0 Å². The maximum Gasteiger partial charge on any atom is 0.318 e. The van der Waals surface area contributed by atoms with Crippen LogP contribution in [0.15, 0.2) is 30.3 Å². The average molecular weight is 573 g/mol. The van der Waals surface area contributed by atoms with Crippen LogP contribution in [0.4, 0.5) is 4.79 Å². The van der Waals surface area contributed by atoms with Gasteiger partial charge in [-0.15, -0.1) is 0 Å². The second-order valence-electron chi connectivity index (χ2n) is 12.2. The Morgan fingerprint density at radius 1 is 0.902 bits per heavy atom. The van der Waals surface area contributed by atoms with Crippen molar-refractivity contribution in [3.63, 3.8) is 0 Å². The van der Waals surface area contributed by atoms with Crippen LogP contribution in [0.5, 0.6) is 0 Å². The first-order valence-corrected chi connectivity index (χ1v) is 15.5. The number of rotatable bonds is 13. The third kappa shape index (κ3) is 9.97. The molecule has 0 bridgehead atoms. The van der Waals surface area contributed by atoms with E-state index in [-0.39, 0.29) is 36.7 Å². The maximum atomic E-state index is 13.2. The Morgan fingerprint density at radius 2 is 1.59 bits per heavy atom. The summed E-state index contributed by atoms with van der Waals surface area (Å²) in [5.74, 6) is -0.152. The summed E-state index contributed by atoms with van der Waals surface area (Å²) in [6.07, 6.45) is 7.18. The molecule has 0 unspecified atom stereocenters. The lowest BCUT2D eigenvalue weighted by molar-refractivity contribution is -0.124. The lowest BCUT2D eigenvalue weighted by Gasteiger charge is -2.32. The van der Waals surface area contributed by atoms with Crippen LogP contribution in [-0.4, -0.2) is 88.1 Å². The largest absolute Gasteiger partial charge is 0.393 e. The number of hydrogen-bond donors (Lipinski definition) is 6. The zero-order valence-corrected chi connectivity index (χ0v) is 24.0. The van der Waals surface area contributed by atoms with Crippen molar-refractivity contribution >= 4 is 17.8 Å². The molecule has 1 saturated heterocycles. The molecule has 2 aliphatic carbocycles. The highest BCUT2D eigenvalue weighted by molar-refractivity contribution is 5.87. The van der Waals surface area contributed by atoms with Gasteiger partial charge in [-0.3, -0.25) is 9.59 Å². The first-order valence-electron chi connectivity index (χ1n) is 15.5. The minimum Gasteiger partial charge on any atom is -0.393 e. The van der Waals surface area contributed by atoms with Crippen LogP contribution in [0.3, 0.4) is 0 Å². The van der Waals surface area contributed by atoms with Gasteiger partial charge in [-0.25, -0.2) is 4.79 Å². The number of amides is 4. The van der Waals surface area contributed by atoms with Crippen LogP contribution < -0.4 is 16.0 Å². The van der Waals surface area contributed by atoms with Crippen molar-refractivity contribution in [1.29, 1.82) is 0 Å². The lowest BCUT2D eigenvalue weighted by atomic mass is 9.82. The molecule has 3 fully saturated rings. The summed E-state index contributed by atoms with van der Waals surface area (Å²) >= 11 is 0. The first kappa shape index (κ1) is 31.3. The molecular weight excluding hydrogens is 524 g/mol. The summed E-state index contributed by atoms with van der Waals surface area (Å²) in [5.41, 5.74) is 0.897. The lowest BCUT2D eigenvalue weighted by Crippen LogP contribution is -2.54. The van der Waals surface area contributed by atoms with E-state index >= 15 is 0 Å². The Kier molecular flexibility index (Phi) is 11.8. The van der Waals surface area contributed by atoms with E-state index < -0.39 is 30.4 Å². The number of aliphatic hydroxyl groups excluding tert-OH is 3. The fourth-order valence-electron chi connectivity index (χ4n) is 6.09. The van der Waals surface area contributed by atoms with Gasteiger partial charge >= 0.3 is 6.03 Å². The first-order chi connectivity index (χ1) is 19.8. The molecule has 1 aromatic rings. The van der Waals surface area contributed by atoms with Crippen molar-refractivity contribution in [1.82, 2.24) is 20.9 Å². The van der Waals surface area contributed by atoms with E-state index in [4.69, 9.17) is 0 Å². The molecular formula is C31H48N4O6. The molecule has 1 heterocycles. The monoisotopic (exact) mass is 572 g/mol. The van der Waals surface area contributed by atoms with Gasteiger partial charge in [0.05, 0.1) is 18.2 Å². The fourth-order valence-corrected chi connectivity index (χ4v) is 6.09. The van der Waals surface area contributed by atoms with Crippen LogP contribution in [0, 0.1) is 11.8 Å². The van der Waals surface area contributed by atoms with E-state index in [1.807, 2.05) is 30.3 Å². The number of benzene rings is 1. The Morgan fingerprint density at radius 3 is 2.24 bits per heavy atom. The summed E-state index contributed by atoms with van der Waals surface area (Å²) in [6, 6.07) is 7.73. The van der Waals surface area contributed by atoms with Crippen molar-refractivity contribution in [2.75, 3.05) is 19.6 Å². The van der Waals surface area contributed by atoms with Crippen molar-refractivity contribution in [2.24, 2.45) is 11.8 Å². The highest BCUT2D eigenvalue weighted by Gasteiger charge is 2.39. The van der Waals surface area contributed by atoms with Gasteiger partial charge in [-0.1, -0.05) is 62.4 Å². The summed E-state index contributed by atoms with van der Waals surface area (Å²) in [4.78, 5) is 40.6. The molecule has 1 aromatic carbocycles. The number of aliphatic hydroxyl groups is 3. The van der Waals surface area contributed by atoms with Crippen molar-refractivity contribution in [2.45, 2.75) is 107 Å². The third-order valence-corrected chi connectivity index (χ3v) is 8.83. The van der Waals surface area contributed by atoms with Crippen LogP contribution in [0.25, 0.3) is 0 Å². The molecule has 228 valence electrons. The number of hydrogen-bond acceptors (Lipinski definition) is 6. The molecule has 3 aliphatic rings. The van der Waals surface area contributed by atoms with Gasteiger partial charge in [0.2, 0.25) is 11.8 Å². The van der Waals surface area contributed by atoms with Gasteiger partial charge in [-0.2, -0.15) is 0 Å². The number of nitrogens with one attached hydrogen (secondary N) is 3. The predicted octanol–water partition coefficient (Wildman–Crippen LogP) is 1.86. The highest BCUT2D eigenvalue weighted by Crippen LogP contribution is 2.36. The number of carbonyl (C=O) groups is 3. The standard InChI is InChI=1S/C31H48N4O6/c36-24-14-17-35(18-15-24)31(41)34-26(20-22-9-5-2-6-10-22)30(40)32-16-13-27(37)33-25(19-21-7-3-1-4-8-21)29(39)28(38)23-11-12-23/h2,5-6,9-10,21,23-26,28-29,36,38-39H,1,3-4,7-8,11-20H2,(H,32,40)(H,33,37)(H,34,41)/t25-,26-,28-,29+/m0/s1. The number of urea groups is 1. The summed E-state index contributed by atoms with van der Waals surface area (Å²) in [5, 5.41) is 39.8. The molecule has 4 amide bonds. The smallest absolute Gasteiger partial charge is 0.318 e. The minimum atomic E-state index is -1.01. The maximum absolute atomic E-state index is 13.2. The summed E-state index contributed by atoms with van der Waals surface area (Å²) in [7, 11) is 0. The minimum absolute atomic E-state index is 0.0230. The molecule has 4 atom stereocenters. The molecule has 41 heavy (non-hydrogen) atoms. The molecule has 4 rings (SSSR count). The van der Waals surface area contributed by atoms with Crippen molar-refractivity contribution < 1.29 is 29.7 Å². The Balaban J connectivity index is 1.29. The zero-order valence-electron chi connectivity index (χ0n) is 24.0. The van der Waals surface area contributed by atoms with Crippen LogP contribution in [0.2, 0.25) is 0 Å². The average Bonchev–Trinajstić information content (AvgIpc) is 3.83. The second-order valence-corrected chi connectivity index (χ2v) is 12.2. The third-order valence-electron chi connectivity index (χ3n) is 8.83. The Bertz CT molecular complexity index is 976. The van der Waals surface area contributed by atoms with Gasteiger partial charge < -0.3 is 36.2 Å². The fraction of sp³-hybridized carbons (Fsp3) is 0.710. The SMILES string of the molecule is O=C(CCNC(=O)[C@H](Cc1ccccc1)NC(=O)N1CCC(O)CC1)N[C@@H](CC1CCCCC1)[C@@H](O)[C@@H](O)C1CC1. The second kappa shape index (κ2) is 15.5. The molecule has 2 saturated carbocycles. The van der Waals surface area contributed by atoms with E-state index in [0.717, 1.165) is 44.1 Å². The summed E-state index contributed by atoms with van der Waals surface area (Å²) in [6.45, 7) is 0.936. The normalized spacial score (nSPS) is 21.4. The zero-order chi connectivity index (χ0) is 29.2. The van der Waals surface area contributed by atoms with E-state index in [2.05, 4.69) is 16.0 Å². The molecule has 0 radical (unpaired) electrons. The van der Waals surface area contributed by atoms with Crippen LogP contribution in [-0.2, 0) is 16.0 Å². The number of carbonyl (C=O) groups excluding carboxylic acids is 3.